The van der Waals surface area contributed by atoms with Crippen molar-refractivity contribution in [3.8, 4) is 11.1 Å². The minimum absolute atomic E-state index is 0.0332. The second-order valence-electron chi connectivity index (χ2n) is 7.67. The summed E-state index contributed by atoms with van der Waals surface area (Å²) in [5.41, 5.74) is 3.33. The molecule has 1 heterocycles. The molecule has 6 heteroatoms. The molecule has 0 radical (unpaired) electrons. The number of piperazine rings is 1. The summed E-state index contributed by atoms with van der Waals surface area (Å²) in [6, 6.07) is 26.4. The first-order chi connectivity index (χ1) is 15.6. The van der Waals surface area contributed by atoms with Crippen molar-refractivity contribution in [2.24, 2.45) is 0 Å². The lowest BCUT2D eigenvalue weighted by atomic mass is 10.0. The van der Waals surface area contributed by atoms with Crippen LogP contribution in [0.4, 0.5) is 0 Å². The highest BCUT2D eigenvalue weighted by molar-refractivity contribution is 5.97. The van der Waals surface area contributed by atoms with Gasteiger partial charge in [0.25, 0.3) is 11.8 Å². The van der Waals surface area contributed by atoms with Crippen LogP contribution in [0.1, 0.15) is 20.7 Å². The minimum Gasteiger partial charge on any atom is -0.343 e. The molecular formula is C26H25N3O3. The number of rotatable bonds is 5. The van der Waals surface area contributed by atoms with Crippen LogP contribution >= 0.6 is 0 Å². The zero-order valence-corrected chi connectivity index (χ0v) is 17.7. The predicted molar refractivity (Wildman–Crippen MR) is 123 cm³/mol. The molecule has 0 bridgehead atoms. The van der Waals surface area contributed by atoms with Crippen LogP contribution in [0.2, 0.25) is 0 Å². The van der Waals surface area contributed by atoms with Crippen LogP contribution < -0.4 is 5.32 Å². The number of amides is 3. The fourth-order valence-corrected chi connectivity index (χ4v) is 3.74. The van der Waals surface area contributed by atoms with Crippen LogP contribution in [0.25, 0.3) is 11.1 Å². The lowest BCUT2D eigenvalue weighted by Crippen LogP contribution is -2.52. The van der Waals surface area contributed by atoms with E-state index in [1.54, 1.807) is 34.1 Å². The number of hydrogen-bond acceptors (Lipinski definition) is 3. The van der Waals surface area contributed by atoms with Crippen molar-refractivity contribution >= 4 is 17.7 Å². The van der Waals surface area contributed by atoms with E-state index >= 15 is 0 Å². The number of carbonyl (C=O) groups excluding carboxylic acids is 3. The zero-order chi connectivity index (χ0) is 22.3. The molecule has 0 atom stereocenters. The Labute approximate surface area is 187 Å². The van der Waals surface area contributed by atoms with Crippen molar-refractivity contribution in [2.45, 2.75) is 0 Å². The van der Waals surface area contributed by atoms with Gasteiger partial charge in [-0.15, -0.1) is 0 Å². The van der Waals surface area contributed by atoms with Crippen LogP contribution in [-0.4, -0.2) is 60.2 Å². The van der Waals surface area contributed by atoms with E-state index in [1.807, 2.05) is 60.7 Å². The Kier molecular flexibility index (Phi) is 6.60. The molecule has 1 aliphatic heterocycles. The van der Waals surface area contributed by atoms with Gasteiger partial charge in [0.1, 0.15) is 0 Å². The molecular weight excluding hydrogens is 402 g/mol. The van der Waals surface area contributed by atoms with E-state index in [0.717, 1.165) is 11.1 Å². The molecule has 1 saturated heterocycles. The Hall–Kier alpha value is -3.93. The van der Waals surface area contributed by atoms with Crippen LogP contribution in [0, 0.1) is 0 Å². The molecule has 3 amide bonds. The maximum absolute atomic E-state index is 12.9. The third-order valence-corrected chi connectivity index (χ3v) is 5.59. The fourth-order valence-electron chi connectivity index (χ4n) is 3.74. The molecule has 4 rings (SSSR count). The Morgan fingerprint density at radius 3 is 1.78 bits per heavy atom. The van der Waals surface area contributed by atoms with E-state index in [9.17, 15) is 14.4 Å². The number of hydrogen-bond donors (Lipinski definition) is 1. The van der Waals surface area contributed by atoms with Gasteiger partial charge < -0.3 is 15.1 Å². The maximum Gasteiger partial charge on any atom is 0.253 e. The van der Waals surface area contributed by atoms with Crippen LogP contribution in [0.3, 0.4) is 0 Å². The lowest BCUT2D eigenvalue weighted by Gasteiger charge is -2.35. The molecule has 3 aromatic rings. The third kappa shape index (κ3) is 5.03. The first-order valence-electron chi connectivity index (χ1n) is 10.7. The molecule has 32 heavy (non-hydrogen) atoms. The van der Waals surface area contributed by atoms with Crippen molar-refractivity contribution < 1.29 is 14.4 Å². The van der Waals surface area contributed by atoms with E-state index in [4.69, 9.17) is 0 Å². The van der Waals surface area contributed by atoms with E-state index < -0.39 is 0 Å². The van der Waals surface area contributed by atoms with Gasteiger partial charge in [0.2, 0.25) is 5.91 Å². The monoisotopic (exact) mass is 427 g/mol. The van der Waals surface area contributed by atoms with Gasteiger partial charge in [-0.25, -0.2) is 0 Å². The van der Waals surface area contributed by atoms with Gasteiger partial charge >= 0.3 is 0 Å². The average Bonchev–Trinajstić information content (AvgIpc) is 2.88. The first kappa shape index (κ1) is 21.3. The number of nitrogens with one attached hydrogen (secondary N) is 1. The summed E-state index contributed by atoms with van der Waals surface area (Å²) < 4.78 is 0. The summed E-state index contributed by atoms with van der Waals surface area (Å²) in [5.74, 6) is -0.450. The number of nitrogens with zero attached hydrogens (tertiary/aromatic N) is 2. The van der Waals surface area contributed by atoms with Gasteiger partial charge in [-0.3, -0.25) is 14.4 Å². The third-order valence-electron chi connectivity index (χ3n) is 5.59. The first-order valence-corrected chi connectivity index (χ1v) is 10.7. The summed E-state index contributed by atoms with van der Waals surface area (Å²) in [5, 5.41) is 2.66. The normalized spacial score (nSPS) is 13.5. The average molecular weight is 428 g/mol. The Morgan fingerprint density at radius 2 is 1.16 bits per heavy atom. The molecule has 0 spiro atoms. The zero-order valence-electron chi connectivity index (χ0n) is 17.7. The van der Waals surface area contributed by atoms with E-state index in [0.29, 0.717) is 37.3 Å². The Balaban J connectivity index is 1.27. The van der Waals surface area contributed by atoms with Crippen LogP contribution in [-0.2, 0) is 4.79 Å². The van der Waals surface area contributed by atoms with Gasteiger partial charge in [-0.05, 0) is 35.4 Å². The molecule has 0 aliphatic carbocycles. The molecule has 1 fully saturated rings. The quantitative estimate of drug-likeness (QED) is 0.680. The van der Waals surface area contributed by atoms with Crippen molar-refractivity contribution in [1.82, 2.24) is 15.1 Å². The van der Waals surface area contributed by atoms with E-state index in [1.165, 1.54) is 0 Å². The Morgan fingerprint density at radius 1 is 0.625 bits per heavy atom. The van der Waals surface area contributed by atoms with Gasteiger partial charge in [-0.1, -0.05) is 60.7 Å². The molecule has 6 nitrogen and oxygen atoms in total. The van der Waals surface area contributed by atoms with Gasteiger partial charge in [0.15, 0.2) is 0 Å². The predicted octanol–water partition coefficient (Wildman–Crippen LogP) is 3.07. The SMILES string of the molecule is O=C(NCC(=O)N1CCN(C(=O)c2ccc(-c3ccccc3)cc2)CC1)c1ccccc1. The summed E-state index contributed by atoms with van der Waals surface area (Å²) in [4.78, 5) is 40.9. The van der Waals surface area contributed by atoms with Crippen molar-refractivity contribution in [3.63, 3.8) is 0 Å². The molecule has 3 aromatic carbocycles. The van der Waals surface area contributed by atoms with Gasteiger partial charge in [0, 0.05) is 37.3 Å². The van der Waals surface area contributed by atoms with Gasteiger partial charge in [0.05, 0.1) is 6.54 Å². The van der Waals surface area contributed by atoms with Crippen molar-refractivity contribution in [3.05, 3.63) is 96.1 Å². The van der Waals surface area contributed by atoms with E-state index in [-0.39, 0.29) is 24.3 Å². The molecule has 1 aliphatic rings. The summed E-state index contributed by atoms with van der Waals surface area (Å²) in [6.07, 6.45) is 0. The van der Waals surface area contributed by atoms with Crippen molar-refractivity contribution in [1.29, 1.82) is 0 Å². The van der Waals surface area contributed by atoms with Gasteiger partial charge in [-0.2, -0.15) is 0 Å². The fraction of sp³-hybridized carbons (Fsp3) is 0.192. The molecule has 162 valence electrons. The highest BCUT2D eigenvalue weighted by Gasteiger charge is 2.25. The van der Waals surface area contributed by atoms with Crippen LogP contribution in [0.15, 0.2) is 84.9 Å². The Bertz CT molecular complexity index is 1070. The number of benzene rings is 3. The summed E-state index contributed by atoms with van der Waals surface area (Å²) in [6.45, 7) is 1.79. The maximum atomic E-state index is 12.9. The summed E-state index contributed by atoms with van der Waals surface area (Å²) in [7, 11) is 0. The molecule has 0 saturated carbocycles. The lowest BCUT2D eigenvalue weighted by molar-refractivity contribution is -0.131. The second-order valence-corrected chi connectivity index (χ2v) is 7.67. The standard InChI is InChI=1S/C26H25N3O3/c30-24(19-27-25(31)22-9-5-2-6-10-22)28-15-17-29(18-16-28)26(32)23-13-11-21(12-14-23)20-7-3-1-4-8-20/h1-14H,15-19H2,(H,27,31). The minimum atomic E-state index is -0.272. The number of carbonyl (C=O) groups is 3. The largest absolute Gasteiger partial charge is 0.343 e. The second kappa shape index (κ2) is 9.92. The van der Waals surface area contributed by atoms with E-state index in [2.05, 4.69) is 5.32 Å². The summed E-state index contributed by atoms with van der Waals surface area (Å²) >= 11 is 0. The molecule has 1 N–H and O–H groups in total. The molecule has 0 unspecified atom stereocenters. The van der Waals surface area contributed by atoms with Crippen molar-refractivity contribution in [2.75, 3.05) is 32.7 Å². The smallest absolute Gasteiger partial charge is 0.253 e. The molecule has 0 aromatic heterocycles. The van der Waals surface area contributed by atoms with Crippen LogP contribution in [0.5, 0.6) is 0 Å². The highest BCUT2D eigenvalue weighted by Crippen LogP contribution is 2.20. The topological polar surface area (TPSA) is 69.7 Å². The highest BCUT2D eigenvalue weighted by atomic mass is 16.2.